The van der Waals surface area contributed by atoms with E-state index in [9.17, 15) is 22.0 Å². The lowest BCUT2D eigenvalue weighted by atomic mass is 10.0. The van der Waals surface area contributed by atoms with E-state index in [0.717, 1.165) is 12.1 Å². The number of aryl methyl sites for hydroxylation is 1. The Labute approximate surface area is 93.4 Å². The molecule has 0 bridgehead atoms. The van der Waals surface area contributed by atoms with Crippen LogP contribution in [0.1, 0.15) is 11.1 Å². The topological polar surface area (TPSA) is 32.6 Å². The molecule has 94 valence electrons. The summed E-state index contributed by atoms with van der Waals surface area (Å²) in [6.07, 6.45) is -5.81. The van der Waals surface area contributed by atoms with Gasteiger partial charge in [0.15, 0.2) is 5.71 Å². The number of benzene rings is 1. The molecule has 0 aliphatic carbocycles. The number of alkyl halides is 5. The van der Waals surface area contributed by atoms with Crippen molar-refractivity contribution in [2.75, 3.05) is 0 Å². The van der Waals surface area contributed by atoms with Gasteiger partial charge in [-0.05, 0) is 6.92 Å². The lowest BCUT2D eigenvalue weighted by Gasteiger charge is -2.20. The summed E-state index contributed by atoms with van der Waals surface area (Å²) in [5.74, 6) is -5.20. The van der Waals surface area contributed by atoms with Crippen LogP contribution >= 0.6 is 0 Å². The van der Waals surface area contributed by atoms with Crippen LogP contribution in [0.4, 0.5) is 22.0 Å². The first-order chi connectivity index (χ1) is 7.70. The Bertz CT molecular complexity index is 421. The van der Waals surface area contributed by atoms with E-state index < -0.39 is 23.4 Å². The molecule has 0 radical (unpaired) electrons. The molecule has 0 aliphatic heterocycles. The molecular formula is C10H8F5NO. The normalized spacial score (nSPS) is 13.9. The van der Waals surface area contributed by atoms with Crippen molar-refractivity contribution in [3.63, 3.8) is 0 Å². The third kappa shape index (κ3) is 2.54. The predicted octanol–water partition coefficient (Wildman–Crippen LogP) is 3.37. The lowest BCUT2D eigenvalue weighted by Crippen LogP contribution is -2.44. The Kier molecular flexibility index (Phi) is 3.40. The van der Waals surface area contributed by atoms with Crippen LogP contribution < -0.4 is 0 Å². The minimum atomic E-state index is -5.81. The first-order valence-corrected chi connectivity index (χ1v) is 4.44. The van der Waals surface area contributed by atoms with Crippen molar-refractivity contribution in [1.29, 1.82) is 0 Å². The third-order valence-electron chi connectivity index (χ3n) is 2.08. The second kappa shape index (κ2) is 4.31. The molecule has 0 saturated heterocycles. The fraction of sp³-hybridized carbons (Fsp3) is 0.300. The number of halogens is 5. The lowest BCUT2D eigenvalue weighted by molar-refractivity contribution is -0.249. The van der Waals surface area contributed by atoms with Crippen molar-refractivity contribution in [1.82, 2.24) is 0 Å². The highest BCUT2D eigenvalue weighted by atomic mass is 19.4. The summed E-state index contributed by atoms with van der Waals surface area (Å²) >= 11 is 0. The Balaban J connectivity index is 3.22. The zero-order valence-electron chi connectivity index (χ0n) is 8.59. The van der Waals surface area contributed by atoms with E-state index in [-0.39, 0.29) is 0 Å². The van der Waals surface area contributed by atoms with Gasteiger partial charge in [0, 0.05) is 5.56 Å². The zero-order valence-corrected chi connectivity index (χ0v) is 8.59. The van der Waals surface area contributed by atoms with E-state index in [1.807, 2.05) is 0 Å². The van der Waals surface area contributed by atoms with Crippen LogP contribution in [0.5, 0.6) is 0 Å². The van der Waals surface area contributed by atoms with Crippen molar-refractivity contribution in [3.8, 4) is 0 Å². The molecule has 17 heavy (non-hydrogen) atoms. The maximum absolute atomic E-state index is 13.0. The molecule has 1 N–H and O–H groups in total. The van der Waals surface area contributed by atoms with Crippen molar-refractivity contribution >= 4 is 5.71 Å². The van der Waals surface area contributed by atoms with Gasteiger partial charge in [-0.2, -0.15) is 22.0 Å². The predicted molar refractivity (Wildman–Crippen MR) is 50.5 cm³/mol. The minimum absolute atomic E-state index is 0.486. The van der Waals surface area contributed by atoms with Gasteiger partial charge in [0.25, 0.3) is 0 Å². The van der Waals surface area contributed by atoms with E-state index >= 15 is 0 Å². The summed E-state index contributed by atoms with van der Waals surface area (Å²) in [5.41, 5.74) is -1.52. The van der Waals surface area contributed by atoms with Crippen LogP contribution in [0.3, 0.4) is 0 Å². The highest BCUT2D eigenvalue weighted by Crippen LogP contribution is 2.38. The SMILES string of the molecule is Cc1ccc(/C(=N/O)C(F)(F)C(F)(F)F)cc1. The summed E-state index contributed by atoms with van der Waals surface area (Å²) in [6, 6.07) is 4.74. The van der Waals surface area contributed by atoms with Gasteiger partial charge in [0.2, 0.25) is 0 Å². The van der Waals surface area contributed by atoms with Crippen LogP contribution in [-0.2, 0) is 0 Å². The number of hydrogen-bond acceptors (Lipinski definition) is 2. The van der Waals surface area contributed by atoms with Crippen molar-refractivity contribution < 1.29 is 27.2 Å². The first kappa shape index (κ1) is 13.4. The fourth-order valence-electron chi connectivity index (χ4n) is 1.15. The molecule has 7 heteroatoms. The van der Waals surface area contributed by atoms with Gasteiger partial charge >= 0.3 is 12.1 Å². The van der Waals surface area contributed by atoms with Crippen LogP contribution in [0.15, 0.2) is 29.4 Å². The summed E-state index contributed by atoms with van der Waals surface area (Å²) in [4.78, 5) is 0. The second-order valence-electron chi connectivity index (χ2n) is 3.39. The quantitative estimate of drug-likeness (QED) is 0.372. The van der Waals surface area contributed by atoms with Crippen LogP contribution in [0.25, 0.3) is 0 Å². The van der Waals surface area contributed by atoms with Gasteiger partial charge in [-0.1, -0.05) is 35.0 Å². The Morgan fingerprint density at radius 3 is 1.88 bits per heavy atom. The number of rotatable bonds is 2. The van der Waals surface area contributed by atoms with Crippen LogP contribution in [0, 0.1) is 6.92 Å². The van der Waals surface area contributed by atoms with E-state index in [1.165, 1.54) is 12.1 Å². The number of oxime groups is 1. The first-order valence-electron chi connectivity index (χ1n) is 4.44. The van der Waals surface area contributed by atoms with Crippen LogP contribution in [0.2, 0.25) is 0 Å². The number of hydrogen-bond donors (Lipinski definition) is 1. The highest BCUT2D eigenvalue weighted by Gasteiger charge is 2.62. The maximum Gasteiger partial charge on any atom is 0.459 e. The Hall–Kier alpha value is -1.66. The molecule has 0 saturated carbocycles. The molecule has 0 heterocycles. The Morgan fingerprint density at radius 2 is 1.53 bits per heavy atom. The molecule has 1 aromatic rings. The summed E-state index contributed by atoms with van der Waals surface area (Å²) < 4.78 is 62.2. The highest BCUT2D eigenvalue weighted by molar-refractivity contribution is 6.05. The molecule has 0 amide bonds. The molecule has 0 spiro atoms. The van der Waals surface area contributed by atoms with Gasteiger partial charge in [-0.15, -0.1) is 0 Å². The molecule has 2 nitrogen and oxygen atoms in total. The van der Waals surface area contributed by atoms with Crippen LogP contribution in [-0.4, -0.2) is 23.0 Å². The zero-order chi connectivity index (χ0) is 13.3. The smallest absolute Gasteiger partial charge is 0.410 e. The van der Waals surface area contributed by atoms with Gasteiger partial charge in [-0.3, -0.25) is 0 Å². The molecule has 0 atom stereocenters. The van der Waals surface area contributed by atoms with E-state index in [0.29, 0.717) is 5.56 Å². The van der Waals surface area contributed by atoms with Gasteiger partial charge < -0.3 is 5.21 Å². The molecule has 0 unspecified atom stereocenters. The third-order valence-corrected chi connectivity index (χ3v) is 2.08. The van der Waals surface area contributed by atoms with Crippen molar-refractivity contribution in [3.05, 3.63) is 35.4 Å². The summed E-state index contributed by atoms with van der Waals surface area (Å²) in [7, 11) is 0. The molecule has 0 aromatic heterocycles. The van der Waals surface area contributed by atoms with Gasteiger partial charge in [0.1, 0.15) is 0 Å². The van der Waals surface area contributed by atoms with E-state index in [2.05, 4.69) is 5.16 Å². The molecule has 0 fully saturated rings. The fourth-order valence-corrected chi connectivity index (χ4v) is 1.15. The standard InChI is InChI=1S/C10H8F5NO/c1-6-2-4-7(5-3-6)8(16-17)9(11,12)10(13,14)15/h2-5,17H,1H3/b16-8-. The maximum atomic E-state index is 13.0. The molecular weight excluding hydrogens is 245 g/mol. The largest absolute Gasteiger partial charge is 0.459 e. The summed E-state index contributed by atoms with van der Waals surface area (Å²) in [5, 5.41) is 10.4. The van der Waals surface area contributed by atoms with E-state index in [1.54, 1.807) is 6.92 Å². The monoisotopic (exact) mass is 253 g/mol. The Morgan fingerprint density at radius 1 is 1.06 bits per heavy atom. The van der Waals surface area contributed by atoms with Crippen molar-refractivity contribution in [2.45, 2.75) is 19.0 Å². The van der Waals surface area contributed by atoms with Crippen molar-refractivity contribution in [2.24, 2.45) is 5.16 Å². The number of nitrogens with zero attached hydrogens (tertiary/aromatic N) is 1. The van der Waals surface area contributed by atoms with E-state index in [4.69, 9.17) is 5.21 Å². The molecule has 1 aromatic carbocycles. The average Bonchev–Trinajstić information content (AvgIpc) is 2.20. The summed E-state index contributed by atoms with van der Waals surface area (Å²) in [6.45, 7) is 1.64. The molecule has 1 rings (SSSR count). The minimum Gasteiger partial charge on any atom is -0.410 e. The second-order valence-corrected chi connectivity index (χ2v) is 3.39. The van der Waals surface area contributed by atoms with Gasteiger partial charge in [-0.25, -0.2) is 0 Å². The average molecular weight is 253 g/mol. The van der Waals surface area contributed by atoms with Gasteiger partial charge in [0.05, 0.1) is 0 Å². The molecule has 0 aliphatic rings.